The van der Waals surface area contributed by atoms with Crippen LogP contribution in [0.3, 0.4) is 0 Å². The molecule has 6 heteroatoms. The van der Waals surface area contributed by atoms with Crippen LogP contribution in [0.2, 0.25) is 0 Å². The predicted molar refractivity (Wildman–Crippen MR) is 88.6 cm³/mol. The van der Waals surface area contributed by atoms with E-state index in [4.69, 9.17) is 0 Å². The monoisotopic (exact) mass is 309 g/mol. The summed E-state index contributed by atoms with van der Waals surface area (Å²) in [5, 5.41) is 7.80. The summed E-state index contributed by atoms with van der Waals surface area (Å²) >= 11 is 0. The molecule has 0 bridgehead atoms. The molecule has 1 heterocycles. The lowest BCUT2D eigenvalue weighted by atomic mass is 10.1. The van der Waals surface area contributed by atoms with Crippen molar-refractivity contribution in [1.82, 2.24) is 10.2 Å². The van der Waals surface area contributed by atoms with E-state index in [0.717, 1.165) is 5.56 Å². The van der Waals surface area contributed by atoms with Gasteiger partial charge in [0, 0.05) is 12.1 Å². The molecule has 0 saturated heterocycles. The summed E-state index contributed by atoms with van der Waals surface area (Å²) in [6, 6.07) is 14.4. The molecule has 0 radical (unpaired) electrons. The molecule has 3 aromatic rings. The maximum absolute atomic E-state index is 12.0. The first-order valence-electron chi connectivity index (χ1n) is 7.22. The van der Waals surface area contributed by atoms with Crippen LogP contribution in [0.25, 0.3) is 10.8 Å². The summed E-state index contributed by atoms with van der Waals surface area (Å²) < 4.78 is 0. The number of benzene rings is 2. The van der Waals surface area contributed by atoms with Gasteiger partial charge in [-0.25, -0.2) is 0 Å². The average molecular weight is 309 g/mol. The highest BCUT2D eigenvalue weighted by atomic mass is 16.2. The van der Waals surface area contributed by atoms with E-state index in [0.29, 0.717) is 18.5 Å². The molecule has 0 aliphatic heterocycles. The van der Waals surface area contributed by atoms with Crippen molar-refractivity contribution < 1.29 is 4.79 Å². The Hall–Kier alpha value is -3.15. The van der Waals surface area contributed by atoms with Gasteiger partial charge in [0.1, 0.15) is 0 Å². The van der Waals surface area contributed by atoms with E-state index in [1.807, 2.05) is 30.3 Å². The number of carbonyl (C=O) groups is 1. The van der Waals surface area contributed by atoms with Gasteiger partial charge in [0.05, 0.1) is 10.8 Å². The minimum absolute atomic E-state index is 0.144. The third-order valence-electron chi connectivity index (χ3n) is 3.57. The van der Waals surface area contributed by atoms with Crippen LogP contribution < -0.4 is 16.4 Å². The number of anilines is 1. The van der Waals surface area contributed by atoms with Crippen molar-refractivity contribution >= 4 is 22.4 Å². The van der Waals surface area contributed by atoms with Crippen molar-refractivity contribution in [3.8, 4) is 0 Å². The third kappa shape index (κ3) is 3.37. The Bertz CT molecular complexity index is 958. The quantitative estimate of drug-likeness (QED) is 0.685. The zero-order valence-electron chi connectivity index (χ0n) is 12.3. The highest BCUT2D eigenvalue weighted by Gasteiger charge is 2.07. The second kappa shape index (κ2) is 6.31. The lowest BCUT2D eigenvalue weighted by Gasteiger charge is -2.06. The number of nitrogens with one attached hydrogen (secondary N) is 3. The van der Waals surface area contributed by atoms with E-state index in [-0.39, 0.29) is 22.2 Å². The first kappa shape index (κ1) is 14.8. The van der Waals surface area contributed by atoms with Gasteiger partial charge >= 0.3 is 0 Å². The Labute approximate surface area is 131 Å². The maximum atomic E-state index is 12.0. The van der Waals surface area contributed by atoms with E-state index in [1.54, 1.807) is 6.07 Å². The number of aromatic amines is 2. The SMILES string of the molecule is O=C(CCc1ccccc1)Nc1ccc2c(=O)[nH][nH]c(=O)c2c1. The van der Waals surface area contributed by atoms with Gasteiger partial charge in [-0.15, -0.1) is 0 Å². The van der Waals surface area contributed by atoms with E-state index >= 15 is 0 Å². The van der Waals surface area contributed by atoms with E-state index in [1.165, 1.54) is 12.1 Å². The minimum atomic E-state index is -0.403. The highest BCUT2D eigenvalue weighted by Crippen LogP contribution is 2.13. The molecule has 0 aliphatic rings. The summed E-state index contributed by atoms with van der Waals surface area (Å²) in [7, 11) is 0. The van der Waals surface area contributed by atoms with Gasteiger partial charge in [-0.3, -0.25) is 24.6 Å². The molecule has 3 N–H and O–H groups in total. The van der Waals surface area contributed by atoms with Crippen LogP contribution in [0.15, 0.2) is 58.1 Å². The van der Waals surface area contributed by atoms with Gasteiger partial charge in [0.15, 0.2) is 0 Å². The number of hydrogen-bond acceptors (Lipinski definition) is 3. The molecule has 6 nitrogen and oxygen atoms in total. The average Bonchev–Trinajstić information content (AvgIpc) is 2.57. The molecule has 116 valence electrons. The van der Waals surface area contributed by atoms with Crippen LogP contribution in [0, 0.1) is 0 Å². The second-order valence-electron chi connectivity index (χ2n) is 5.20. The topological polar surface area (TPSA) is 94.8 Å². The van der Waals surface area contributed by atoms with E-state index in [2.05, 4.69) is 15.5 Å². The normalized spacial score (nSPS) is 10.6. The zero-order chi connectivity index (χ0) is 16.2. The lowest BCUT2D eigenvalue weighted by molar-refractivity contribution is -0.116. The molecular formula is C17H15N3O3. The smallest absolute Gasteiger partial charge is 0.270 e. The number of H-pyrrole nitrogens is 2. The highest BCUT2D eigenvalue weighted by molar-refractivity contribution is 5.94. The molecule has 2 aromatic carbocycles. The number of rotatable bonds is 4. The predicted octanol–water partition coefficient (Wildman–Crippen LogP) is 1.79. The molecule has 1 amide bonds. The van der Waals surface area contributed by atoms with E-state index < -0.39 is 5.56 Å². The molecule has 0 saturated carbocycles. The van der Waals surface area contributed by atoms with Crippen molar-refractivity contribution in [2.24, 2.45) is 0 Å². The van der Waals surface area contributed by atoms with Crippen molar-refractivity contribution in [1.29, 1.82) is 0 Å². The van der Waals surface area contributed by atoms with Crippen molar-refractivity contribution in [3.63, 3.8) is 0 Å². The number of fused-ring (bicyclic) bond motifs is 1. The van der Waals surface area contributed by atoms with Gasteiger partial charge < -0.3 is 5.32 Å². The first-order valence-corrected chi connectivity index (χ1v) is 7.22. The summed E-state index contributed by atoms with van der Waals surface area (Å²) in [5.41, 5.74) is 0.803. The van der Waals surface area contributed by atoms with Crippen LogP contribution >= 0.6 is 0 Å². The Morgan fingerprint density at radius 1 is 0.913 bits per heavy atom. The third-order valence-corrected chi connectivity index (χ3v) is 3.57. The van der Waals surface area contributed by atoms with Gasteiger partial charge in [0.2, 0.25) is 5.91 Å². The van der Waals surface area contributed by atoms with Crippen molar-refractivity contribution in [3.05, 3.63) is 74.8 Å². The standard InChI is InChI=1S/C17H15N3O3/c21-15(9-6-11-4-2-1-3-5-11)18-12-7-8-13-14(10-12)17(23)20-19-16(13)22/h1-5,7-8,10H,6,9H2,(H,18,21)(H,19,22)(H,20,23). The number of amides is 1. The molecule has 3 rings (SSSR count). The molecule has 0 aliphatic carbocycles. The Morgan fingerprint density at radius 2 is 1.61 bits per heavy atom. The summed E-state index contributed by atoms with van der Waals surface area (Å²) in [5.74, 6) is -0.144. The Kier molecular flexibility index (Phi) is 4.05. The summed E-state index contributed by atoms with van der Waals surface area (Å²) in [4.78, 5) is 35.4. The molecule has 0 unspecified atom stereocenters. The first-order chi connectivity index (χ1) is 11.1. The maximum Gasteiger partial charge on any atom is 0.270 e. The second-order valence-corrected chi connectivity index (χ2v) is 5.20. The number of carbonyl (C=O) groups excluding carboxylic acids is 1. The van der Waals surface area contributed by atoms with Gasteiger partial charge in [-0.05, 0) is 30.2 Å². The van der Waals surface area contributed by atoms with E-state index in [9.17, 15) is 14.4 Å². The summed E-state index contributed by atoms with van der Waals surface area (Å²) in [6.07, 6.45) is 0.980. The Balaban J connectivity index is 1.74. The van der Waals surface area contributed by atoms with Crippen LogP contribution in [-0.4, -0.2) is 16.1 Å². The van der Waals surface area contributed by atoms with Crippen LogP contribution in [0.1, 0.15) is 12.0 Å². The number of aromatic nitrogens is 2. The van der Waals surface area contributed by atoms with Crippen molar-refractivity contribution in [2.45, 2.75) is 12.8 Å². The number of aryl methyl sites for hydroxylation is 1. The van der Waals surface area contributed by atoms with Crippen LogP contribution in [0.4, 0.5) is 5.69 Å². The number of hydrogen-bond donors (Lipinski definition) is 3. The van der Waals surface area contributed by atoms with Gasteiger partial charge in [0.25, 0.3) is 11.1 Å². The Morgan fingerprint density at radius 3 is 2.35 bits per heavy atom. The molecule has 0 spiro atoms. The largest absolute Gasteiger partial charge is 0.326 e. The van der Waals surface area contributed by atoms with Crippen molar-refractivity contribution in [2.75, 3.05) is 5.32 Å². The molecule has 0 atom stereocenters. The zero-order valence-corrected chi connectivity index (χ0v) is 12.3. The van der Waals surface area contributed by atoms with Gasteiger partial charge in [-0.2, -0.15) is 0 Å². The molecule has 23 heavy (non-hydrogen) atoms. The fourth-order valence-electron chi connectivity index (χ4n) is 2.38. The van der Waals surface area contributed by atoms with Crippen LogP contribution in [-0.2, 0) is 11.2 Å². The molecular weight excluding hydrogens is 294 g/mol. The van der Waals surface area contributed by atoms with Crippen LogP contribution in [0.5, 0.6) is 0 Å². The fraction of sp³-hybridized carbons (Fsp3) is 0.118. The lowest BCUT2D eigenvalue weighted by Crippen LogP contribution is -2.19. The fourth-order valence-corrected chi connectivity index (χ4v) is 2.38. The summed E-state index contributed by atoms with van der Waals surface area (Å²) in [6.45, 7) is 0. The van der Waals surface area contributed by atoms with Gasteiger partial charge in [-0.1, -0.05) is 30.3 Å². The molecule has 1 aromatic heterocycles. The minimum Gasteiger partial charge on any atom is -0.326 e. The molecule has 0 fully saturated rings.